The number of rotatable bonds is 10. The van der Waals surface area contributed by atoms with Crippen LogP contribution in [0.25, 0.3) is 0 Å². The molecule has 0 bridgehead atoms. The highest BCUT2D eigenvalue weighted by molar-refractivity contribution is 14.0. The zero-order valence-electron chi connectivity index (χ0n) is 19.5. The molecule has 178 valence electrons. The van der Waals surface area contributed by atoms with Crippen molar-refractivity contribution < 1.29 is 14.2 Å². The van der Waals surface area contributed by atoms with Crippen molar-refractivity contribution in [2.75, 3.05) is 27.9 Å². The monoisotopic (exact) mass is 565 g/mol. The van der Waals surface area contributed by atoms with E-state index in [1.165, 1.54) is 5.56 Å². The minimum absolute atomic E-state index is 0. The summed E-state index contributed by atoms with van der Waals surface area (Å²) in [7, 11) is 4.80. The number of hydrogen-bond acceptors (Lipinski definition) is 5. The molecule has 0 aliphatic carbocycles. The van der Waals surface area contributed by atoms with Crippen molar-refractivity contribution in [1.82, 2.24) is 20.2 Å². The number of aromatic nitrogens is 2. The van der Waals surface area contributed by atoms with Gasteiger partial charge in [-0.2, -0.15) is 0 Å². The first-order valence-electron chi connectivity index (χ1n) is 10.5. The lowest BCUT2D eigenvalue weighted by Crippen LogP contribution is -2.37. The highest BCUT2D eigenvalue weighted by Crippen LogP contribution is 2.38. The van der Waals surface area contributed by atoms with Gasteiger partial charge >= 0.3 is 0 Å². The highest BCUT2D eigenvalue weighted by atomic mass is 127. The minimum atomic E-state index is 0. The van der Waals surface area contributed by atoms with Crippen LogP contribution in [0.3, 0.4) is 0 Å². The van der Waals surface area contributed by atoms with Crippen LogP contribution in [0.5, 0.6) is 17.2 Å². The molecular weight excluding hydrogens is 533 g/mol. The molecule has 0 saturated carbocycles. The molecule has 0 saturated heterocycles. The summed E-state index contributed by atoms with van der Waals surface area (Å²) < 4.78 is 18.4. The van der Waals surface area contributed by atoms with Gasteiger partial charge in [0.05, 0.1) is 34.4 Å². The SMILES string of the molecule is CCNC(=NCc1cc(OC)c(OC)c(OC)c1)NCc1nccn1Cc1ccccc1.I. The Bertz CT molecular complexity index is 999. The average molecular weight is 565 g/mol. The van der Waals surface area contributed by atoms with Crippen LogP contribution in [0.2, 0.25) is 0 Å². The Kier molecular flexibility index (Phi) is 10.8. The van der Waals surface area contributed by atoms with Gasteiger partial charge < -0.3 is 29.4 Å². The Labute approximate surface area is 212 Å². The molecule has 0 atom stereocenters. The van der Waals surface area contributed by atoms with Crippen molar-refractivity contribution in [3.05, 3.63) is 71.8 Å². The van der Waals surface area contributed by atoms with E-state index in [0.29, 0.717) is 36.3 Å². The molecule has 0 aliphatic heterocycles. The largest absolute Gasteiger partial charge is 0.493 e. The lowest BCUT2D eigenvalue weighted by molar-refractivity contribution is 0.324. The van der Waals surface area contributed by atoms with Gasteiger partial charge in [0.2, 0.25) is 5.75 Å². The molecule has 1 heterocycles. The molecule has 1 aromatic heterocycles. The smallest absolute Gasteiger partial charge is 0.203 e. The van der Waals surface area contributed by atoms with Crippen molar-refractivity contribution in [2.45, 2.75) is 26.6 Å². The zero-order chi connectivity index (χ0) is 22.8. The molecule has 8 nitrogen and oxygen atoms in total. The first-order chi connectivity index (χ1) is 15.7. The van der Waals surface area contributed by atoms with Crippen LogP contribution < -0.4 is 24.8 Å². The minimum Gasteiger partial charge on any atom is -0.493 e. The Morgan fingerprint density at radius 3 is 2.27 bits per heavy atom. The third-order valence-electron chi connectivity index (χ3n) is 4.90. The van der Waals surface area contributed by atoms with E-state index >= 15 is 0 Å². The Hall–Kier alpha value is -2.95. The molecule has 3 rings (SSSR count). The molecule has 33 heavy (non-hydrogen) atoms. The van der Waals surface area contributed by atoms with Gasteiger partial charge in [-0.1, -0.05) is 30.3 Å². The number of aliphatic imine (C=N–C) groups is 1. The Morgan fingerprint density at radius 2 is 1.67 bits per heavy atom. The maximum atomic E-state index is 5.44. The Morgan fingerprint density at radius 1 is 0.970 bits per heavy atom. The first-order valence-corrected chi connectivity index (χ1v) is 10.5. The predicted octanol–water partition coefficient (Wildman–Crippen LogP) is 3.83. The van der Waals surface area contributed by atoms with E-state index in [1.54, 1.807) is 21.3 Å². The summed E-state index contributed by atoms with van der Waals surface area (Å²) in [6, 6.07) is 14.1. The van der Waals surface area contributed by atoms with Crippen LogP contribution >= 0.6 is 24.0 Å². The summed E-state index contributed by atoms with van der Waals surface area (Å²) in [5, 5.41) is 6.65. The number of imidazole rings is 1. The van der Waals surface area contributed by atoms with E-state index in [1.807, 2.05) is 49.6 Å². The first kappa shape index (κ1) is 26.3. The fourth-order valence-corrected chi connectivity index (χ4v) is 3.33. The van der Waals surface area contributed by atoms with Crippen molar-refractivity contribution in [3.63, 3.8) is 0 Å². The van der Waals surface area contributed by atoms with Gasteiger partial charge in [-0.15, -0.1) is 24.0 Å². The number of ether oxygens (including phenoxy) is 3. The number of guanidine groups is 1. The van der Waals surface area contributed by atoms with Gasteiger partial charge in [0.1, 0.15) is 5.82 Å². The third kappa shape index (κ3) is 7.28. The van der Waals surface area contributed by atoms with Crippen LogP contribution in [0.15, 0.2) is 59.9 Å². The topological polar surface area (TPSA) is 81.9 Å². The van der Waals surface area contributed by atoms with E-state index in [-0.39, 0.29) is 24.0 Å². The summed E-state index contributed by atoms with van der Waals surface area (Å²) >= 11 is 0. The summed E-state index contributed by atoms with van der Waals surface area (Å²) in [6.07, 6.45) is 3.81. The number of halogens is 1. The van der Waals surface area contributed by atoms with Crippen LogP contribution in [0, 0.1) is 0 Å². The molecule has 0 spiro atoms. The fourth-order valence-electron chi connectivity index (χ4n) is 3.33. The normalized spacial score (nSPS) is 10.8. The summed E-state index contributed by atoms with van der Waals surface area (Å²) in [5.41, 5.74) is 2.18. The molecule has 0 radical (unpaired) electrons. The highest BCUT2D eigenvalue weighted by Gasteiger charge is 2.13. The Balaban J connectivity index is 0.00000385. The fraction of sp³-hybridized carbons (Fsp3) is 0.333. The maximum Gasteiger partial charge on any atom is 0.203 e. The second-order valence-electron chi connectivity index (χ2n) is 7.04. The molecule has 0 fully saturated rings. The second kappa shape index (κ2) is 13.6. The van der Waals surface area contributed by atoms with Gasteiger partial charge in [0.25, 0.3) is 0 Å². The number of benzene rings is 2. The quantitative estimate of drug-likeness (QED) is 0.221. The summed E-state index contributed by atoms with van der Waals surface area (Å²) in [4.78, 5) is 9.21. The molecule has 0 amide bonds. The molecule has 3 aromatic rings. The maximum absolute atomic E-state index is 5.44. The van der Waals surface area contributed by atoms with Gasteiger partial charge in [-0.25, -0.2) is 9.98 Å². The van der Waals surface area contributed by atoms with Crippen LogP contribution in [-0.2, 0) is 19.6 Å². The molecule has 2 aromatic carbocycles. The number of nitrogens with zero attached hydrogens (tertiary/aromatic N) is 3. The van der Waals surface area contributed by atoms with E-state index in [9.17, 15) is 0 Å². The van der Waals surface area contributed by atoms with Gasteiger partial charge in [-0.3, -0.25) is 0 Å². The molecule has 2 N–H and O–H groups in total. The number of hydrogen-bond donors (Lipinski definition) is 2. The molecule has 9 heteroatoms. The zero-order valence-corrected chi connectivity index (χ0v) is 21.8. The van der Waals surface area contributed by atoms with Crippen molar-refractivity contribution in [1.29, 1.82) is 0 Å². The second-order valence-corrected chi connectivity index (χ2v) is 7.04. The van der Waals surface area contributed by atoms with Gasteiger partial charge in [0.15, 0.2) is 17.5 Å². The molecule has 0 unspecified atom stereocenters. The van der Waals surface area contributed by atoms with Crippen molar-refractivity contribution in [3.8, 4) is 17.2 Å². The van der Waals surface area contributed by atoms with Crippen LogP contribution in [0.1, 0.15) is 23.9 Å². The van der Waals surface area contributed by atoms with Gasteiger partial charge in [-0.05, 0) is 30.2 Å². The average Bonchev–Trinajstić information content (AvgIpc) is 3.27. The van der Waals surface area contributed by atoms with Crippen LogP contribution in [-0.4, -0.2) is 43.4 Å². The predicted molar refractivity (Wildman–Crippen MR) is 141 cm³/mol. The number of methoxy groups -OCH3 is 3. The molecule has 0 aliphatic rings. The van der Waals surface area contributed by atoms with Crippen LogP contribution in [0.4, 0.5) is 0 Å². The lowest BCUT2D eigenvalue weighted by atomic mass is 10.2. The van der Waals surface area contributed by atoms with Crippen molar-refractivity contribution >= 4 is 29.9 Å². The van der Waals surface area contributed by atoms with E-state index in [2.05, 4.69) is 32.3 Å². The van der Waals surface area contributed by atoms with E-state index in [0.717, 1.165) is 24.5 Å². The van der Waals surface area contributed by atoms with Crippen molar-refractivity contribution in [2.24, 2.45) is 4.99 Å². The number of nitrogens with one attached hydrogen (secondary N) is 2. The standard InChI is InChI=1S/C24H31N5O3.HI/c1-5-25-24(27-15-19-13-20(30-2)23(32-4)21(14-19)31-3)28-16-22-26-11-12-29(22)17-18-9-7-6-8-10-18;/h6-14H,5,15-17H2,1-4H3,(H2,25,27,28);1H. The van der Waals surface area contributed by atoms with E-state index in [4.69, 9.17) is 19.2 Å². The lowest BCUT2D eigenvalue weighted by Gasteiger charge is -2.15. The summed E-state index contributed by atoms with van der Waals surface area (Å²) in [6.45, 7) is 4.56. The summed E-state index contributed by atoms with van der Waals surface area (Å²) in [5.74, 6) is 3.43. The van der Waals surface area contributed by atoms with Gasteiger partial charge in [0, 0.05) is 25.5 Å². The van der Waals surface area contributed by atoms with E-state index < -0.39 is 0 Å². The molecular formula is C24H32IN5O3. The third-order valence-corrected chi connectivity index (χ3v) is 4.90.